The third-order valence-electron chi connectivity index (χ3n) is 2.84. The van der Waals surface area contributed by atoms with Crippen molar-refractivity contribution in [3.05, 3.63) is 70.2 Å². The molecule has 4 nitrogen and oxygen atoms in total. The second-order valence-electron chi connectivity index (χ2n) is 4.54. The van der Waals surface area contributed by atoms with Crippen molar-refractivity contribution >= 4 is 28.0 Å². The highest BCUT2D eigenvalue weighted by Crippen LogP contribution is 2.17. The number of esters is 1. The first-order valence-corrected chi connectivity index (χ1v) is 7.70. The molecule has 0 amide bonds. The Morgan fingerprint density at radius 1 is 1.17 bits per heavy atom. The van der Waals surface area contributed by atoms with Gasteiger partial charge in [-0.1, -0.05) is 34.1 Å². The van der Waals surface area contributed by atoms with Crippen LogP contribution in [0.4, 0.5) is 0 Å². The fraction of sp³-hybridized carbons (Fsp3) is 0.111. The highest BCUT2D eigenvalue weighted by molar-refractivity contribution is 9.10. The fourth-order valence-corrected chi connectivity index (χ4v) is 2.12. The summed E-state index contributed by atoms with van der Waals surface area (Å²) in [6, 6.07) is 16.4. The van der Waals surface area contributed by atoms with Gasteiger partial charge in [0.2, 0.25) is 0 Å². The molecule has 2 aromatic carbocycles. The molecular weight excluding hydrogens is 358 g/mol. The molecule has 0 fully saturated rings. The van der Waals surface area contributed by atoms with Crippen LogP contribution in [-0.2, 0) is 9.53 Å². The lowest BCUT2D eigenvalue weighted by Crippen LogP contribution is -2.10. The first-order chi connectivity index (χ1) is 11.2. The molecule has 0 radical (unpaired) electrons. The number of ether oxygens (including phenoxy) is 2. The van der Waals surface area contributed by atoms with E-state index in [9.17, 15) is 4.79 Å². The summed E-state index contributed by atoms with van der Waals surface area (Å²) in [5, 5.41) is 8.71. The van der Waals surface area contributed by atoms with Crippen molar-refractivity contribution < 1.29 is 14.3 Å². The van der Waals surface area contributed by atoms with Crippen molar-refractivity contribution in [3.63, 3.8) is 0 Å². The molecular formula is C18H14BrNO3. The quantitative estimate of drug-likeness (QED) is 0.438. The molecule has 23 heavy (non-hydrogen) atoms. The summed E-state index contributed by atoms with van der Waals surface area (Å²) >= 11 is 3.35. The van der Waals surface area contributed by atoms with Crippen LogP contribution in [0.3, 0.4) is 0 Å². The number of hydrogen-bond donors (Lipinski definition) is 0. The van der Waals surface area contributed by atoms with Gasteiger partial charge in [0.15, 0.2) is 0 Å². The molecule has 5 heteroatoms. The van der Waals surface area contributed by atoms with E-state index in [1.807, 2.05) is 30.3 Å². The third kappa shape index (κ3) is 5.97. The van der Waals surface area contributed by atoms with Crippen LogP contribution in [0.25, 0.3) is 6.08 Å². The number of rotatable bonds is 6. The van der Waals surface area contributed by atoms with Gasteiger partial charge in [-0.2, -0.15) is 5.26 Å². The van der Waals surface area contributed by atoms with E-state index >= 15 is 0 Å². The molecule has 0 atom stereocenters. The maximum atomic E-state index is 11.6. The zero-order chi connectivity index (χ0) is 16.5. The molecule has 0 bridgehead atoms. The van der Waals surface area contributed by atoms with Gasteiger partial charge in [0.25, 0.3) is 0 Å². The summed E-state index contributed by atoms with van der Waals surface area (Å²) in [6.45, 7) is 0.454. The monoisotopic (exact) mass is 371 g/mol. The molecule has 0 aliphatic carbocycles. The van der Waals surface area contributed by atoms with Crippen LogP contribution in [0.2, 0.25) is 0 Å². The van der Waals surface area contributed by atoms with Crippen LogP contribution in [0, 0.1) is 11.3 Å². The minimum Gasteiger partial charge on any atom is -0.490 e. The van der Waals surface area contributed by atoms with Gasteiger partial charge in [0.05, 0.1) is 11.6 Å². The molecule has 0 aliphatic heterocycles. The summed E-state index contributed by atoms with van der Waals surface area (Å²) in [5.74, 6) is 0.274. The zero-order valence-electron chi connectivity index (χ0n) is 12.2. The molecule has 0 spiro atoms. The van der Waals surface area contributed by atoms with Crippen molar-refractivity contribution in [2.75, 3.05) is 13.2 Å². The van der Waals surface area contributed by atoms with E-state index in [1.165, 1.54) is 6.08 Å². The average molecular weight is 372 g/mol. The first-order valence-electron chi connectivity index (χ1n) is 6.91. The zero-order valence-corrected chi connectivity index (χ0v) is 13.8. The smallest absolute Gasteiger partial charge is 0.330 e. The fourth-order valence-electron chi connectivity index (χ4n) is 1.74. The molecule has 2 rings (SSSR count). The predicted octanol–water partition coefficient (Wildman–Crippen LogP) is 3.96. The number of halogens is 1. The summed E-state index contributed by atoms with van der Waals surface area (Å²) in [7, 11) is 0. The Balaban J connectivity index is 1.72. The number of nitrogens with zero attached hydrogens (tertiary/aromatic N) is 1. The van der Waals surface area contributed by atoms with Crippen molar-refractivity contribution in [2.24, 2.45) is 0 Å². The molecule has 0 heterocycles. The Labute approximate surface area is 143 Å². The van der Waals surface area contributed by atoms with Crippen LogP contribution in [0.1, 0.15) is 11.1 Å². The Hall–Kier alpha value is -2.58. The van der Waals surface area contributed by atoms with E-state index in [0.29, 0.717) is 11.3 Å². The van der Waals surface area contributed by atoms with Gasteiger partial charge in [-0.3, -0.25) is 0 Å². The second-order valence-corrected chi connectivity index (χ2v) is 5.46. The van der Waals surface area contributed by atoms with E-state index in [2.05, 4.69) is 15.9 Å². The minimum atomic E-state index is -0.438. The minimum absolute atomic E-state index is 0.170. The lowest BCUT2D eigenvalue weighted by Gasteiger charge is -2.06. The number of hydrogen-bond acceptors (Lipinski definition) is 4. The second kappa shape index (κ2) is 8.76. The van der Waals surface area contributed by atoms with Crippen molar-refractivity contribution in [1.82, 2.24) is 0 Å². The Morgan fingerprint density at radius 3 is 2.65 bits per heavy atom. The lowest BCUT2D eigenvalue weighted by atomic mass is 10.1. The topological polar surface area (TPSA) is 59.3 Å². The number of nitriles is 1. The van der Waals surface area contributed by atoms with E-state index in [1.54, 1.807) is 30.3 Å². The van der Waals surface area contributed by atoms with Gasteiger partial charge >= 0.3 is 5.97 Å². The van der Waals surface area contributed by atoms with E-state index in [0.717, 1.165) is 10.0 Å². The van der Waals surface area contributed by atoms with Crippen molar-refractivity contribution in [2.45, 2.75) is 0 Å². The molecule has 0 saturated heterocycles. The van der Waals surface area contributed by atoms with Gasteiger partial charge < -0.3 is 9.47 Å². The Bertz CT molecular complexity index is 733. The summed E-state index contributed by atoms with van der Waals surface area (Å²) < 4.78 is 11.4. The molecule has 2 aromatic rings. The van der Waals surface area contributed by atoms with E-state index < -0.39 is 5.97 Å². The molecule has 116 valence electrons. The van der Waals surface area contributed by atoms with Gasteiger partial charge in [0, 0.05) is 10.5 Å². The van der Waals surface area contributed by atoms with Gasteiger partial charge in [-0.25, -0.2) is 4.79 Å². The SMILES string of the molecule is N#Cc1ccc(/C=C/C(=O)OCCOc2cccc(Br)c2)cc1. The number of carbonyl (C=O) groups excluding carboxylic acids is 1. The highest BCUT2D eigenvalue weighted by atomic mass is 79.9. The Kier molecular flexibility index (Phi) is 6.40. The molecule has 0 aromatic heterocycles. The van der Waals surface area contributed by atoms with Crippen LogP contribution < -0.4 is 4.74 Å². The summed E-state index contributed by atoms with van der Waals surface area (Å²) in [5.41, 5.74) is 1.40. The van der Waals surface area contributed by atoms with E-state index in [4.69, 9.17) is 14.7 Å². The third-order valence-corrected chi connectivity index (χ3v) is 3.34. The molecule has 0 N–H and O–H groups in total. The maximum Gasteiger partial charge on any atom is 0.330 e. The van der Waals surface area contributed by atoms with Crippen molar-refractivity contribution in [3.8, 4) is 11.8 Å². The maximum absolute atomic E-state index is 11.6. The molecule has 0 aliphatic rings. The standard InChI is InChI=1S/C18H14BrNO3/c19-16-2-1-3-17(12-16)22-10-11-23-18(21)9-8-14-4-6-15(13-20)7-5-14/h1-9,12H,10-11H2/b9-8+. The van der Waals surface area contributed by atoms with Crippen LogP contribution in [0.5, 0.6) is 5.75 Å². The number of benzene rings is 2. The van der Waals surface area contributed by atoms with E-state index in [-0.39, 0.29) is 13.2 Å². The average Bonchev–Trinajstić information content (AvgIpc) is 2.57. The largest absolute Gasteiger partial charge is 0.490 e. The summed E-state index contributed by atoms with van der Waals surface area (Å²) in [4.78, 5) is 11.6. The lowest BCUT2D eigenvalue weighted by molar-refractivity contribution is -0.138. The molecule has 0 unspecified atom stereocenters. The Morgan fingerprint density at radius 2 is 1.96 bits per heavy atom. The highest BCUT2D eigenvalue weighted by Gasteiger charge is 1.99. The summed E-state index contributed by atoms with van der Waals surface area (Å²) in [6.07, 6.45) is 2.99. The normalized spacial score (nSPS) is 10.3. The van der Waals surface area contributed by atoms with Crippen LogP contribution >= 0.6 is 15.9 Å². The van der Waals surface area contributed by atoms with Crippen LogP contribution in [-0.4, -0.2) is 19.2 Å². The van der Waals surface area contributed by atoms with Gasteiger partial charge in [-0.15, -0.1) is 0 Å². The van der Waals surface area contributed by atoms with Crippen LogP contribution in [0.15, 0.2) is 59.1 Å². The predicted molar refractivity (Wildman–Crippen MR) is 90.8 cm³/mol. The van der Waals surface area contributed by atoms with Gasteiger partial charge in [0.1, 0.15) is 19.0 Å². The number of carbonyl (C=O) groups is 1. The molecule has 0 saturated carbocycles. The van der Waals surface area contributed by atoms with Gasteiger partial charge in [-0.05, 0) is 42.0 Å². The van der Waals surface area contributed by atoms with Crippen molar-refractivity contribution in [1.29, 1.82) is 5.26 Å². The first kappa shape index (κ1) is 16.8.